The Hall–Kier alpha value is -0.120. The van der Waals surface area contributed by atoms with Crippen LogP contribution in [-0.4, -0.2) is 31.6 Å². The third-order valence-corrected chi connectivity index (χ3v) is 2.15. The Morgan fingerprint density at radius 1 is 1.31 bits per heavy atom. The van der Waals surface area contributed by atoms with E-state index in [0.29, 0.717) is 6.04 Å². The Morgan fingerprint density at radius 3 is 2.23 bits per heavy atom. The zero-order valence-corrected chi connectivity index (χ0v) is 8.93. The number of hydrogen-bond donors (Lipinski definition) is 1. The van der Waals surface area contributed by atoms with Gasteiger partial charge in [0.1, 0.15) is 0 Å². The average Bonchev–Trinajstić information content (AvgIpc) is 2.65. The van der Waals surface area contributed by atoms with Gasteiger partial charge in [-0.1, -0.05) is 20.3 Å². The molecule has 1 atom stereocenters. The summed E-state index contributed by atoms with van der Waals surface area (Å²) in [7, 11) is 0. The van der Waals surface area contributed by atoms with Crippen molar-refractivity contribution in [3.8, 4) is 0 Å². The van der Waals surface area contributed by atoms with Gasteiger partial charge >= 0.3 is 0 Å². The fourth-order valence-corrected chi connectivity index (χ4v) is 1.66. The van der Waals surface area contributed by atoms with Crippen LogP contribution in [-0.2, 0) is 9.47 Å². The summed E-state index contributed by atoms with van der Waals surface area (Å²) in [5.41, 5.74) is 0. The van der Waals surface area contributed by atoms with Crippen LogP contribution in [0.4, 0.5) is 0 Å². The van der Waals surface area contributed by atoms with Crippen molar-refractivity contribution in [2.75, 3.05) is 19.8 Å². The molecule has 2 aliphatic heterocycles. The predicted octanol–water partition coefficient (Wildman–Crippen LogP) is 1.53. The molecule has 0 amide bonds. The van der Waals surface area contributed by atoms with E-state index in [4.69, 9.17) is 9.47 Å². The molecular formula is C10H21NO2. The second-order valence-corrected chi connectivity index (χ2v) is 3.80. The standard InChI is InChI=1S/C7H13NO2.C3H8/c1-6-4-7(5-8-6)9-2-3-10-7;1-3-2/h6,8H,2-5H2,1H3;3H2,1-2H3. The monoisotopic (exact) mass is 187 g/mol. The molecule has 2 saturated heterocycles. The fraction of sp³-hybridized carbons (Fsp3) is 1.00. The molecule has 1 spiro atoms. The van der Waals surface area contributed by atoms with Crippen LogP contribution < -0.4 is 5.32 Å². The molecule has 0 saturated carbocycles. The largest absolute Gasteiger partial charge is 0.346 e. The van der Waals surface area contributed by atoms with E-state index in [1.54, 1.807) is 0 Å². The number of nitrogens with one attached hydrogen (secondary N) is 1. The summed E-state index contributed by atoms with van der Waals surface area (Å²) in [6.07, 6.45) is 2.24. The summed E-state index contributed by atoms with van der Waals surface area (Å²) in [6, 6.07) is 0.540. The first-order valence-electron chi connectivity index (χ1n) is 5.23. The predicted molar refractivity (Wildman–Crippen MR) is 52.7 cm³/mol. The van der Waals surface area contributed by atoms with Crippen molar-refractivity contribution >= 4 is 0 Å². The van der Waals surface area contributed by atoms with E-state index >= 15 is 0 Å². The Morgan fingerprint density at radius 2 is 1.85 bits per heavy atom. The molecule has 0 aromatic carbocycles. The molecule has 1 N–H and O–H groups in total. The third-order valence-electron chi connectivity index (χ3n) is 2.15. The molecule has 2 fully saturated rings. The van der Waals surface area contributed by atoms with Gasteiger partial charge in [0.2, 0.25) is 0 Å². The molecule has 0 aromatic rings. The molecule has 1 unspecified atom stereocenters. The lowest BCUT2D eigenvalue weighted by molar-refractivity contribution is -0.140. The van der Waals surface area contributed by atoms with E-state index < -0.39 is 0 Å². The summed E-state index contributed by atoms with van der Waals surface area (Å²) < 4.78 is 11.0. The minimum atomic E-state index is -0.251. The first-order valence-corrected chi connectivity index (χ1v) is 5.23. The van der Waals surface area contributed by atoms with Crippen LogP contribution in [0.2, 0.25) is 0 Å². The van der Waals surface area contributed by atoms with Gasteiger partial charge in [-0.25, -0.2) is 0 Å². The van der Waals surface area contributed by atoms with Crippen LogP contribution in [0.3, 0.4) is 0 Å². The third kappa shape index (κ3) is 2.93. The molecule has 0 radical (unpaired) electrons. The maximum atomic E-state index is 5.49. The maximum absolute atomic E-state index is 5.49. The Labute approximate surface area is 80.8 Å². The number of rotatable bonds is 0. The van der Waals surface area contributed by atoms with E-state index in [2.05, 4.69) is 26.1 Å². The first kappa shape index (κ1) is 11.0. The second kappa shape index (κ2) is 4.94. The van der Waals surface area contributed by atoms with Crippen molar-refractivity contribution in [3.63, 3.8) is 0 Å². The Bertz CT molecular complexity index is 144. The molecule has 78 valence electrons. The lowest BCUT2D eigenvalue weighted by Gasteiger charge is -2.19. The zero-order chi connectivity index (χ0) is 9.73. The van der Waals surface area contributed by atoms with Crippen LogP contribution in [0, 0.1) is 0 Å². The van der Waals surface area contributed by atoms with E-state index in [1.807, 2.05) is 0 Å². The van der Waals surface area contributed by atoms with E-state index in [-0.39, 0.29) is 5.79 Å². The summed E-state index contributed by atoms with van der Waals surface area (Å²) in [4.78, 5) is 0. The van der Waals surface area contributed by atoms with Gasteiger partial charge in [-0.15, -0.1) is 0 Å². The molecule has 2 heterocycles. The Balaban J connectivity index is 0.000000251. The molecule has 0 aliphatic carbocycles. The van der Waals surface area contributed by atoms with Crippen molar-refractivity contribution in [2.24, 2.45) is 0 Å². The summed E-state index contributed by atoms with van der Waals surface area (Å²) in [5, 5.41) is 3.30. The van der Waals surface area contributed by atoms with Gasteiger partial charge in [0.05, 0.1) is 19.8 Å². The molecule has 2 aliphatic rings. The highest BCUT2D eigenvalue weighted by atomic mass is 16.7. The lowest BCUT2D eigenvalue weighted by atomic mass is 10.2. The highest BCUT2D eigenvalue weighted by Crippen LogP contribution is 2.28. The summed E-state index contributed by atoms with van der Waals surface area (Å²) in [5.74, 6) is -0.251. The normalized spacial score (nSPS) is 30.2. The smallest absolute Gasteiger partial charge is 0.182 e. The topological polar surface area (TPSA) is 30.5 Å². The molecule has 3 nitrogen and oxygen atoms in total. The Kier molecular flexibility index (Phi) is 4.16. The molecular weight excluding hydrogens is 166 g/mol. The van der Waals surface area contributed by atoms with Crippen LogP contribution >= 0.6 is 0 Å². The van der Waals surface area contributed by atoms with E-state index in [9.17, 15) is 0 Å². The van der Waals surface area contributed by atoms with Crippen LogP contribution in [0.25, 0.3) is 0 Å². The summed E-state index contributed by atoms with van der Waals surface area (Å²) >= 11 is 0. The minimum absolute atomic E-state index is 0.251. The van der Waals surface area contributed by atoms with Crippen LogP contribution in [0.5, 0.6) is 0 Å². The maximum Gasteiger partial charge on any atom is 0.182 e. The van der Waals surface area contributed by atoms with Crippen molar-refractivity contribution in [3.05, 3.63) is 0 Å². The average molecular weight is 187 g/mol. The van der Waals surface area contributed by atoms with Gasteiger partial charge in [-0.05, 0) is 6.92 Å². The molecule has 13 heavy (non-hydrogen) atoms. The van der Waals surface area contributed by atoms with Crippen LogP contribution in [0.1, 0.15) is 33.6 Å². The van der Waals surface area contributed by atoms with Gasteiger partial charge in [0, 0.05) is 12.5 Å². The quantitative estimate of drug-likeness (QED) is 0.624. The van der Waals surface area contributed by atoms with E-state index in [0.717, 1.165) is 26.2 Å². The number of hydrogen-bond acceptors (Lipinski definition) is 3. The molecule has 2 rings (SSSR count). The van der Waals surface area contributed by atoms with Gasteiger partial charge < -0.3 is 14.8 Å². The van der Waals surface area contributed by atoms with Gasteiger partial charge in [-0.2, -0.15) is 0 Å². The van der Waals surface area contributed by atoms with E-state index in [1.165, 1.54) is 6.42 Å². The summed E-state index contributed by atoms with van der Waals surface area (Å²) in [6.45, 7) is 8.77. The fourth-order valence-electron chi connectivity index (χ4n) is 1.66. The van der Waals surface area contributed by atoms with Gasteiger partial charge in [0.25, 0.3) is 0 Å². The second-order valence-electron chi connectivity index (χ2n) is 3.80. The van der Waals surface area contributed by atoms with Gasteiger partial charge in [-0.3, -0.25) is 0 Å². The SMILES string of the molecule is CC1CC2(CN1)OCCO2.CCC. The highest BCUT2D eigenvalue weighted by Gasteiger charge is 2.42. The zero-order valence-electron chi connectivity index (χ0n) is 8.93. The highest BCUT2D eigenvalue weighted by molar-refractivity contribution is 4.88. The molecule has 0 bridgehead atoms. The van der Waals surface area contributed by atoms with Gasteiger partial charge in [0.15, 0.2) is 5.79 Å². The van der Waals surface area contributed by atoms with Crippen molar-refractivity contribution < 1.29 is 9.47 Å². The first-order chi connectivity index (χ1) is 6.22. The number of ether oxygens (including phenoxy) is 2. The van der Waals surface area contributed by atoms with Crippen molar-refractivity contribution in [2.45, 2.75) is 45.4 Å². The molecule has 3 heteroatoms. The van der Waals surface area contributed by atoms with Crippen molar-refractivity contribution in [1.82, 2.24) is 5.32 Å². The lowest BCUT2D eigenvalue weighted by Crippen LogP contribution is -2.32. The minimum Gasteiger partial charge on any atom is -0.346 e. The van der Waals surface area contributed by atoms with Crippen molar-refractivity contribution in [1.29, 1.82) is 0 Å². The molecule has 0 aromatic heterocycles. The van der Waals surface area contributed by atoms with Crippen LogP contribution in [0.15, 0.2) is 0 Å².